The number of carbonyl (C=O) groups excluding carboxylic acids is 1. The van der Waals surface area contributed by atoms with Gasteiger partial charge in [0.15, 0.2) is 0 Å². The van der Waals surface area contributed by atoms with Gasteiger partial charge in [0.25, 0.3) is 5.91 Å². The molecule has 1 unspecified atom stereocenters. The lowest BCUT2D eigenvalue weighted by atomic mass is 10.1. The van der Waals surface area contributed by atoms with Crippen LogP contribution in [-0.4, -0.2) is 35.4 Å². The lowest BCUT2D eigenvalue weighted by molar-refractivity contribution is 0.0786. The molecule has 1 saturated heterocycles. The number of pyridine rings is 1. The number of aromatic nitrogens is 1. The van der Waals surface area contributed by atoms with Gasteiger partial charge in [0, 0.05) is 30.9 Å². The van der Waals surface area contributed by atoms with Crippen LogP contribution in [0.25, 0.3) is 0 Å². The van der Waals surface area contributed by atoms with E-state index in [1.54, 1.807) is 0 Å². The third kappa shape index (κ3) is 3.25. The molecule has 1 amide bonds. The SMILES string of the molecule is CCNc1cc(C(=O)N2CCC(CC)C2)cc(C)n1. The Balaban J connectivity index is 2.14. The Hall–Kier alpha value is -1.58. The number of rotatable bonds is 4. The number of nitrogens with one attached hydrogen (secondary N) is 1. The molecule has 2 heterocycles. The molecule has 1 aliphatic rings. The Bertz CT molecular complexity index is 459. The zero-order valence-electron chi connectivity index (χ0n) is 12.1. The molecular weight excluding hydrogens is 238 g/mol. The maximum atomic E-state index is 12.5. The Morgan fingerprint density at radius 3 is 2.89 bits per heavy atom. The third-order valence-electron chi connectivity index (χ3n) is 3.71. The summed E-state index contributed by atoms with van der Waals surface area (Å²) in [6, 6.07) is 3.74. The summed E-state index contributed by atoms with van der Waals surface area (Å²) in [6.45, 7) is 8.74. The Kier molecular flexibility index (Phi) is 4.40. The number of anilines is 1. The molecule has 1 aromatic heterocycles. The second kappa shape index (κ2) is 6.04. The topological polar surface area (TPSA) is 45.2 Å². The van der Waals surface area contributed by atoms with Crippen molar-refractivity contribution in [3.8, 4) is 0 Å². The molecule has 1 aromatic rings. The molecule has 0 aromatic carbocycles. The van der Waals surface area contributed by atoms with Crippen LogP contribution >= 0.6 is 0 Å². The zero-order chi connectivity index (χ0) is 13.8. The van der Waals surface area contributed by atoms with Gasteiger partial charge in [-0.15, -0.1) is 0 Å². The Morgan fingerprint density at radius 1 is 1.47 bits per heavy atom. The van der Waals surface area contributed by atoms with Crippen LogP contribution in [0.15, 0.2) is 12.1 Å². The number of hydrogen-bond donors (Lipinski definition) is 1. The van der Waals surface area contributed by atoms with E-state index in [1.165, 1.54) is 0 Å². The third-order valence-corrected chi connectivity index (χ3v) is 3.71. The summed E-state index contributed by atoms with van der Waals surface area (Å²) < 4.78 is 0. The van der Waals surface area contributed by atoms with E-state index in [1.807, 2.05) is 30.9 Å². The van der Waals surface area contributed by atoms with Gasteiger partial charge < -0.3 is 10.2 Å². The minimum Gasteiger partial charge on any atom is -0.370 e. The zero-order valence-corrected chi connectivity index (χ0v) is 12.1. The van der Waals surface area contributed by atoms with Gasteiger partial charge in [-0.3, -0.25) is 4.79 Å². The fraction of sp³-hybridized carbons (Fsp3) is 0.600. The van der Waals surface area contributed by atoms with E-state index >= 15 is 0 Å². The van der Waals surface area contributed by atoms with Crippen molar-refractivity contribution in [1.82, 2.24) is 9.88 Å². The standard InChI is InChI=1S/C15H23N3O/c1-4-12-6-7-18(10-12)15(19)13-8-11(3)17-14(9-13)16-5-2/h8-9,12H,4-7,10H2,1-3H3,(H,16,17). The van der Waals surface area contributed by atoms with Gasteiger partial charge in [0.05, 0.1) is 0 Å². The van der Waals surface area contributed by atoms with Crippen molar-refractivity contribution in [1.29, 1.82) is 0 Å². The van der Waals surface area contributed by atoms with E-state index in [-0.39, 0.29) is 5.91 Å². The minimum absolute atomic E-state index is 0.139. The molecule has 4 heteroatoms. The van der Waals surface area contributed by atoms with Gasteiger partial charge in [-0.25, -0.2) is 4.98 Å². The number of carbonyl (C=O) groups is 1. The molecule has 1 aliphatic heterocycles. The quantitative estimate of drug-likeness (QED) is 0.906. The first kappa shape index (κ1) is 13.8. The molecule has 1 fully saturated rings. The minimum atomic E-state index is 0.139. The summed E-state index contributed by atoms with van der Waals surface area (Å²) in [7, 11) is 0. The molecule has 1 N–H and O–H groups in total. The summed E-state index contributed by atoms with van der Waals surface area (Å²) in [6.07, 6.45) is 2.29. The number of aryl methyl sites for hydroxylation is 1. The smallest absolute Gasteiger partial charge is 0.254 e. The number of nitrogens with zero attached hydrogens (tertiary/aromatic N) is 2. The first-order valence-electron chi connectivity index (χ1n) is 7.15. The van der Waals surface area contributed by atoms with Crippen LogP contribution in [0.4, 0.5) is 5.82 Å². The van der Waals surface area contributed by atoms with Crippen LogP contribution in [0.2, 0.25) is 0 Å². The van der Waals surface area contributed by atoms with Gasteiger partial charge in [-0.05, 0) is 38.3 Å². The van der Waals surface area contributed by atoms with Gasteiger partial charge >= 0.3 is 0 Å². The second-order valence-corrected chi connectivity index (χ2v) is 5.23. The van der Waals surface area contributed by atoms with Crippen molar-refractivity contribution >= 4 is 11.7 Å². The maximum absolute atomic E-state index is 12.5. The molecule has 4 nitrogen and oxygen atoms in total. The lowest BCUT2D eigenvalue weighted by Crippen LogP contribution is -2.28. The van der Waals surface area contributed by atoms with E-state index in [4.69, 9.17) is 0 Å². The summed E-state index contributed by atoms with van der Waals surface area (Å²) in [5.41, 5.74) is 1.63. The molecule has 2 rings (SSSR count). The summed E-state index contributed by atoms with van der Waals surface area (Å²) in [5.74, 6) is 1.60. The molecular formula is C15H23N3O. The maximum Gasteiger partial charge on any atom is 0.254 e. The number of likely N-dealkylation sites (tertiary alicyclic amines) is 1. The fourth-order valence-corrected chi connectivity index (χ4v) is 2.60. The normalized spacial score (nSPS) is 18.7. The Morgan fingerprint density at radius 2 is 2.26 bits per heavy atom. The number of amides is 1. The van der Waals surface area contributed by atoms with Gasteiger partial charge in [0.2, 0.25) is 0 Å². The predicted molar refractivity (Wildman–Crippen MR) is 77.4 cm³/mol. The van der Waals surface area contributed by atoms with E-state index in [0.29, 0.717) is 5.92 Å². The summed E-state index contributed by atoms with van der Waals surface area (Å²) >= 11 is 0. The molecule has 19 heavy (non-hydrogen) atoms. The molecule has 1 atom stereocenters. The highest BCUT2D eigenvalue weighted by Crippen LogP contribution is 2.22. The predicted octanol–water partition coefficient (Wildman–Crippen LogP) is 2.69. The second-order valence-electron chi connectivity index (χ2n) is 5.23. The van der Waals surface area contributed by atoms with Crippen molar-refractivity contribution < 1.29 is 4.79 Å². The van der Waals surface area contributed by atoms with E-state index in [0.717, 1.165) is 49.6 Å². The van der Waals surface area contributed by atoms with Gasteiger partial charge in [-0.1, -0.05) is 13.3 Å². The average molecular weight is 261 g/mol. The molecule has 0 spiro atoms. The highest BCUT2D eigenvalue weighted by atomic mass is 16.2. The van der Waals surface area contributed by atoms with Crippen molar-refractivity contribution in [3.05, 3.63) is 23.4 Å². The van der Waals surface area contributed by atoms with Crippen molar-refractivity contribution in [3.63, 3.8) is 0 Å². The highest BCUT2D eigenvalue weighted by Gasteiger charge is 2.26. The van der Waals surface area contributed by atoms with Crippen molar-refractivity contribution in [2.45, 2.75) is 33.6 Å². The highest BCUT2D eigenvalue weighted by molar-refractivity contribution is 5.95. The summed E-state index contributed by atoms with van der Waals surface area (Å²) in [5, 5.41) is 3.17. The molecule has 0 radical (unpaired) electrons. The molecule has 0 saturated carbocycles. The largest absolute Gasteiger partial charge is 0.370 e. The van der Waals surface area contributed by atoms with E-state index < -0.39 is 0 Å². The van der Waals surface area contributed by atoms with Crippen molar-refractivity contribution in [2.24, 2.45) is 5.92 Å². The first-order valence-corrected chi connectivity index (χ1v) is 7.15. The van der Waals surface area contributed by atoms with Crippen LogP contribution in [0.1, 0.15) is 42.7 Å². The van der Waals surface area contributed by atoms with Crippen molar-refractivity contribution in [2.75, 3.05) is 25.0 Å². The monoisotopic (exact) mass is 261 g/mol. The van der Waals surface area contributed by atoms with Crippen LogP contribution < -0.4 is 5.32 Å². The molecule has 0 bridgehead atoms. The van der Waals surface area contributed by atoms with Gasteiger partial charge in [0.1, 0.15) is 5.82 Å². The van der Waals surface area contributed by atoms with E-state index in [2.05, 4.69) is 17.2 Å². The van der Waals surface area contributed by atoms with Crippen LogP contribution in [-0.2, 0) is 0 Å². The van der Waals surface area contributed by atoms with Gasteiger partial charge in [-0.2, -0.15) is 0 Å². The lowest BCUT2D eigenvalue weighted by Gasteiger charge is -2.17. The van der Waals surface area contributed by atoms with Crippen LogP contribution in [0.5, 0.6) is 0 Å². The van der Waals surface area contributed by atoms with E-state index in [9.17, 15) is 4.79 Å². The van der Waals surface area contributed by atoms with Crippen LogP contribution in [0.3, 0.4) is 0 Å². The fourth-order valence-electron chi connectivity index (χ4n) is 2.60. The molecule has 0 aliphatic carbocycles. The number of hydrogen-bond acceptors (Lipinski definition) is 3. The Labute approximate surface area is 115 Å². The average Bonchev–Trinajstić information content (AvgIpc) is 2.86. The molecule has 104 valence electrons. The first-order chi connectivity index (χ1) is 9.13. The summed E-state index contributed by atoms with van der Waals surface area (Å²) in [4.78, 5) is 18.8. The van der Waals surface area contributed by atoms with Crippen LogP contribution in [0, 0.1) is 12.8 Å².